The average molecular weight is 193 g/mol. The van der Waals surface area contributed by atoms with E-state index in [9.17, 15) is 0 Å². The fourth-order valence-electron chi connectivity index (χ4n) is 1.36. The van der Waals surface area contributed by atoms with Crippen LogP contribution in [0.4, 0.5) is 0 Å². The minimum Gasteiger partial charge on any atom is -0.395 e. The van der Waals surface area contributed by atoms with Gasteiger partial charge in [0.2, 0.25) is 0 Å². The van der Waals surface area contributed by atoms with Gasteiger partial charge >= 0.3 is 0 Å². The van der Waals surface area contributed by atoms with E-state index in [-0.39, 0.29) is 12.6 Å². The van der Waals surface area contributed by atoms with Crippen molar-refractivity contribution in [3.8, 4) is 0 Å². The lowest BCUT2D eigenvalue weighted by Crippen LogP contribution is -2.36. The smallest absolute Gasteiger partial charge is 0.0587 e. The lowest BCUT2D eigenvalue weighted by Gasteiger charge is -2.19. The lowest BCUT2D eigenvalue weighted by atomic mass is 10.1. The molecule has 0 amide bonds. The summed E-state index contributed by atoms with van der Waals surface area (Å²) in [4.78, 5) is 0. The Labute approximate surface area is 86.0 Å². The van der Waals surface area contributed by atoms with Crippen LogP contribution >= 0.6 is 0 Å². The van der Waals surface area contributed by atoms with E-state index in [1.54, 1.807) is 0 Å². The molecule has 0 saturated carbocycles. The normalized spacial score (nSPS) is 13.1. The number of hydrogen-bond acceptors (Lipinski definition) is 2. The van der Waals surface area contributed by atoms with Crippen LogP contribution in [0.2, 0.25) is 0 Å². The fraction of sp³-hybridized carbons (Fsp3) is 0.500. The van der Waals surface area contributed by atoms with Crippen LogP contribution in [0.3, 0.4) is 0 Å². The van der Waals surface area contributed by atoms with Crippen LogP contribution < -0.4 is 5.32 Å². The molecule has 1 aromatic rings. The van der Waals surface area contributed by atoms with Gasteiger partial charge < -0.3 is 10.4 Å². The second kappa shape index (κ2) is 5.78. The second-order valence-corrected chi connectivity index (χ2v) is 3.90. The highest BCUT2D eigenvalue weighted by atomic mass is 16.3. The van der Waals surface area contributed by atoms with Gasteiger partial charge in [0.15, 0.2) is 0 Å². The summed E-state index contributed by atoms with van der Waals surface area (Å²) >= 11 is 0. The van der Waals surface area contributed by atoms with Crippen molar-refractivity contribution in [3.63, 3.8) is 0 Å². The topological polar surface area (TPSA) is 32.3 Å². The third-order valence-corrected chi connectivity index (χ3v) is 2.41. The molecule has 2 nitrogen and oxygen atoms in total. The van der Waals surface area contributed by atoms with Crippen LogP contribution in [0.5, 0.6) is 0 Å². The quantitative estimate of drug-likeness (QED) is 0.747. The molecular formula is C12H19NO. The third kappa shape index (κ3) is 3.48. The van der Waals surface area contributed by atoms with E-state index in [1.807, 2.05) is 18.2 Å². The number of rotatable bonds is 5. The van der Waals surface area contributed by atoms with Crippen molar-refractivity contribution in [1.29, 1.82) is 0 Å². The molecule has 1 aromatic carbocycles. The maximum atomic E-state index is 9.11. The van der Waals surface area contributed by atoms with Crippen LogP contribution in [0.1, 0.15) is 19.4 Å². The summed E-state index contributed by atoms with van der Waals surface area (Å²) in [7, 11) is 0. The molecular weight excluding hydrogens is 174 g/mol. The molecule has 0 unspecified atom stereocenters. The molecule has 0 aliphatic carbocycles. The van der Waals surface area contributed by atoms with E-state index < -0.39 is 0 Å². The molecule has 1 atom stereocenters. The Morgan fingerprint density at radius 2 is 1.86 bits per heavy atom. The summed E-state index contributed by atoms with van der Waals surface area (Å²) in [5.74, 6) is 0.462. The number of aliphatic hydroxyl groups excluding tert-OH is 1. The summed E-state index contributed by atoms with van der Waals surface area (Å²) < 4.78 is 0. The predicted molar refractivity (Wildman–Crippen MR) is 59.0 cm³/mol. The maximum Gasteiger partial charge on any atom is 0.0587 e. The standard InChI is InChI=1S/C12H19NO/c1-10(2)12(9-14)13-8-11-6-4-3-5-7-11/h3-7,10,12-14H,8-9H2,1-2H3/t12-/m0/s1. The monoisotopic (exact) mass is 193 g/mol. The van der Waals surface area contributed by atoms with Gasteiger partial charge in [-0.3, -0.25) is 0 Å². The lowest BCUT2D eigenvalue weighted by molar-refractivity contribution is 0.210. The molecule has 0 aromatic heterocycles. The predicted octanol–water partition coefficient (Wildman–Crippen LogP) is 1.79. The average Bonchev–Trinajstić information content (AvgIpc) is 2.20. The van der Waals surface area contributed by atoms with Crippen molar-refractivity contribution in [2.75, 3.05) is 6.61 Å². The van der Waals surface area contributed by atoms with E-state index in [0.717, 1.165) is 6.54 Å². The molecule has 0 saturated heterocycles. The van der Waals surface area contributed by atoms with Crippen LogP contribution in [0.25, 0.3) is 0 Å². The van der Waals surface area contributed by atoms with E-state index in [0.29, 0.717) is 5.92 Å². The Kier molecular flexibility index (Phi) is 4.63. The highest BCUT2D eigenvalue weighted by Crippen LogP contribution is 2.03. The molecule has 0 heterocycles. The minimum atomic E-state index is 0.190. The molecule has 0 spiro atoms. The highest BCUT2D eigenvalue weighted by molar-refractivity contribution is 5.14. The minimum absolute atomic E-state index is 0.190. The van der Waals surface area contributed by atoms with Gasteiger partial charge in [0.05, 0.1) is 6.61 Å². The number of hydrogen-bond donors (Lipinski definition) is 2. The SMILES string of the molecule is CC(C)[C@H](CO)NCc1ccccc1. The zero-order valence-corrected chi connectivity index (χ0v) is 8.90. The van der Waals surface area contributed by atoms with Crippen LogP contribution in [-0.2, 0) is 6.54 Å². The van der Waals surface area contributed by atoms with E-state index in [2.05, 4.69) is 31.3 Å². The highest BCUT2D eigenvalue weighted by Gasteiger charge is 2.10. The Morgan fingerprint density at radius 1 is 1.21 bits per heavy atom. The molecule has 0 aliphatic rings. The van der Waals surface area contributed by atoms with Gasteiger partial charge in [0, 0.05) is 12.6 Å². The summed E-state index contributed by atoms with van der Waals surface area (Å²) in [5, 5.41) is 12.4. The van der Waals surface area contributed by atoms with Gasteiger partial charge in [0.25, 0.3) is 0 Å². The zero-order valence-electron chi connectivity index (χ0n) is 8.90. The first-order chi connectivity index (χ1) is 6.74. The van der Waals surface area contributed by atoms with Crippen LogP contribution in [0, 0.1) is 5.92 Å². The number of nitrogens with one attached hydrogen (secondary N) is 1. The van der Waals surface area contributed by atoms with Gasteiger partial charge in [-0.2, -0.15) is 0 Å². The van der Waals surface area contributed by atoms with Crippen molar-refractivity contribution < 1.29 is 5.11 Å². The zero-order chi connectivity index (χ0) is 10.4. The van der Waals surface area contributed by atoms with E-state index >= 15 is 0 Å². The summed E-state index contributed by atoms with van der Waals surface area (Å²) in [6, 6.07) is 10.4. The molecule has 0 fully saturated rings. The number of benzene rings is 1. The molecule has 0 bridgehead atoms. The first kappa shape index (κ1) is 11.2. The molecule has 78 valence electrons. The van der Waals surface area contributed by atoms with Crippen molar-refractivity contribution >= 4 is 0 Å². The molecule has 14 heavy (non-hydrogen) atoms. The van der Waals surface area contributed by atoms with Gasteiger partial charge in [-0.25, -0.2) is 0 Å². The Morgan fingerprint density at radius 3 is 2.36 bits per heavy atom. The molecule has 2 N–H and O–H groups in total. The third-order valence-electron chi connectivity index (χ3n) is 2.41. The van der Waals surface area contributed by atoms with Gasteiger partial charge in [-0.1, -0.05) is 44.2 Å². The molecule has 0 aliphatic heterocycles. The molecule has 1 rings (SSSR count). The van der Waals surface area contributed by atoms with Crippen molar-refractivity contribution in [3.05, 3.63) is 35.9 Å². The van der Waals surface area contributed by atoms with Crippen LogP contribution in [-0.4, -0.2) is 17.8 Å². The van der Waals surface area contributed by atoms with E-state index in [1.165, 1.54) is 5.56 Å². The summed E-state index contributed by atoms with van der Waals surface area (Å²) in [6.45, 7) is 5.24. The Balaban J connectivity index is 2.40. The maximum absolute atomic E-state index is 9.11. The first-order valence-corrected chi connectivity index (χ1v) is 5.12. The van der Waals surface area contributed by atoms with Crippen molar-refractivity contribution in [2.24, 2.45) is 5.92 Å². The van der Waals surface area contributed by atoms with Crippen molar-refractivity contribution in [1.82, 2.24) is 5.32 Å². The Bertz CT molecular complexity index is 246. The summed E-state index contributed by atoms with van der Waals surface area (Å²) in [5.41, 5.74) is 1.26. The largest absolute Gasteiger partial charge is 0.395 e. The van der Waals surface area contributed by atoms with Crippen molar-refractivity contribution in [2.45, 2.75) is 26.4 Å². The summed E-state index contributed by atoms with van der Waals surface area (Å²) in [6.07, 6.45) is 0. The molecule has 2 heteroatoms. The van der Waals surface area contributed by atoms with E-state index in [4.69, 9.17) is 5.11 Å². The fourth-order valence-corrected chi connectivity index (χ4v) is 1.36. The second-order valence-electron chi connectivity index (χ2n) is 3.90. The molecule has 0 radical (unpaired) electrons. The van der Waals surface area contributed by atoms with Crippen LogP contribution in [0.15, 0.2) is 30.3 Å². The van der Waals surface area contributed by atoms with Gasteiger partial charge in [0.1, 0.15) is 0 Å². The van der Waals surface area contributed by atoms with Gasteiger partial charge in [-0.05, 0) is 11.5 Å². The van der Waals surface area contributed by atoms with Gasteiger partial charge in [-0.15, -0.1) is 0 Å². The Hall–Kier alpha value is -0.860. The first-order valence-electron chi connectivity index (χ1n) is 5.12. The number of aliphatic hydroxyl groups is 1.